The second-order valence-corrected chi connectivity index (χ2v) is 2.56. The predicted molar refractivity (Wildman–Crippen MR) is 45.5 cm³/mol. The van der Waals surface area contributed by atoms with Crippen LogP contribution in [0.1, 0.15) is 12.0 Å². The number of hydrogen-bond acceptors (Lipinski definition) is 2. The molecule has 0 saturated heterocycles. The molecule has 2 nitrogen and oxygen atoms in total. The molecule has 60 valence electrons. The fourth-order valence-corrected chi connectivity index (χ4v) is 0.969. The van der Waals surface area contributed by atoms with Gasteiger partial charge in [-0.3, -0.25) is 0 Å². The summed E-state index contributed by atoms with van der Waals surface area (Å²) in [6, 6.07) is 7.24. The molecule has 3 N–H and O–H groups in total. The highest BCUT2D eigenvalue weighted by molar-refractivity contribution is 5.25. The molecule has 0 aromatic heterocycles. The van der Waals surface area contributed by atoms with Crippen molar-refractivity contribution >= 4 is 0 Å². The number of benzene rings is 1. The van der Waals surface area contributed by atoms with E-state index in [0.29, 0.717) is 5.75 Å². The van der Waals surface area contributed by atoms with E-state index in [9.17, 15) is 0 Å². The molecule has 0 aliphatic carbocycles. The molecule has 1 aromatic rings. The zero-order valence-electron chi connectivity index (χ0n) is 6.46. The standard InChI is InChI=1S/C9H13NO/c10-7-1-2-8-3-5-9(11)6-4-8/h3-6,11H,1-2,7,10H2. The summed E-state index contributed by atoms with van der Waals surface area (Å²) >= 11 is 0. The van der Waals surface area contributed by atoms with Gasteiger partial charge in [0.05, 0.1) is 0 Å². The summed E-state index contributed by atoms with van der Waals surface area (Å²) in [6.07, 6.45) is 2.00. The highest BCUT2D eigenvalue weighted by Gasteiger charge is 1.91. The molecule has 0 saturated carbocycles. The normalized spacial score (nSPS) is 9.91. The van der Waals surface area contributed by atoms with Crippen LogP contribution in [0.25, 0.3) is 0 Å². The highest BCUT2D eigenvalue weighted by atomic mass is 16.3. The Kier molecular flexibility index (Phi) is 2.93. The number of aromatic hydroxyl groups is 1. The van der Waals surface area contributed by atoms with Gasteiger partial charge in [0.1, 0.15) is 5.75 Å². The summed E-state index contributed by atoms with van der Waals surface area (Å²) in [7, 11) is 0. The Morgan fingerprint density at radius 3 is 2.36 bits per heavy atom. The Morgan fingerprint density at radius 2 is 1.82 bits per heavy atom. The van der Waals surface area contributed by atoms with Gasteiger partial charge in [0.25, 0.3) is 0 Å². The number of nitrogens with two attached hydrogens (primary N) is 1. The Hall–Kier alpha value is -1.02. The van der Waals surface area contributed by atoms with Gasteiger partial charge in [-0.25, -0.2) is 0 Å². The molecule has 1 rings (SSSR count). The van der Waals surface area contributed by atoms with Crippen LogP contribution in [0.2, 0.25) is 0 Å². The van der Waals surface area contributed by atoms with Crippen molar-refractivity contribution in [2.24, 2.45) is 5.73 Å². The van der Waals surface area contributed by atoms with Gasteiger partial charge in [-0.05, 0) is 37.1 Å². The fourth-order valence-electron chi connectivity index (χ4n) is 0.969. The lowest BCUT2D eigenvalue weighted by Gasteiger charge is -1.98. The van der Waals surface area contributed by atoms with Gasteiger partial charge in [0, 0.05) is 0 Å². The van der Waals surface area contributed by atoms with E-state index in [1.807, 2.05) is 12.1 Å². The predicted octanol–water partition coefficient (Wildman–Crippen LogP) is 1.28. The summed E-state index contributed by atoms with van der Waals surface area (Å²) in [5.41, 5.74) is 6.59. The topological polar surface area (TPSA) is 46.2 Å². The van der Waals surface area contributed by atoms with Crippen LogP contribution in [0.4, 0.5) is 0 Å². The molecule has 0 bridgehead atoms. The molecule has 0 fully saturated rings. The van der Waals surface area contributed by atoms with Crippen molar-refractivity contribution in [3.8, 4) is 5.75 Å². The van der Waals surface area contributed by atoms with Crippen molar-refractivity contribution in [1.29, 1.82) is 0 Å². The molecule has 0 radical (unpaired) electrons. The van der Waals surface area contributed by atoms with Crippen LogP contribution in [-0.2, 0) is 6.42 Å². The monoisotopic (exact) mass is 151 g/mol. The summed E-state index contributed by atoms with van der Waals surface area (Å²) < 4.78 is 0. The molecule has 0 aliphatic rings. The SMILES string of the molecule is NCCCc1ccc(O)cc1. The first-order valence-corrected chi connectivity index (χ1v) is 3.81. The van der Waals surface area contributed by atoms with Gasteiger partial charge in [-0.1, -0.05) is 12.1 Å². The number of phenolic OH excluding ortho intramolecular Hbond substituents is 1. The molecule has 0 unspecified atom stereocenters. The van der Waals surface area contributed by atoms with Crippen LogP contribution in [-0.4, -0.2) is 11.7 Å². The second-order valence-electron chi connectivity index (χ2n) is 2.56. The Balaban J connectivity index is 2.52. The minimum Gasteiger partial charge on any atom is -0.508 e. The van der Waals surface area contributed by atoms with Crippen molar-refractivity contribution in [3.63, 3.8) is 0 Å². The third-order valence-electron chi connectivity index (χ3n) is 1.61. The average Bonchev–Trinajstić information content (AvgIpc) is 2.04. The first kappa shape index (κ1) is 8.08. The van der Waals surface area contributed by atoms with E-state index in [2.05, 4.69) is 0 Å². The van der Waals surface area contributed by atoms with Crippen LogP contribution in [0, 0.1) is 0 Å². The van der Waals surface area contributed by atoms with Crippen LogP contribution in [0.5, 0.6) is 5.75 Å². The zero-order chi connectivity index (χ0) is 8.10. The van der Waals surface area contributed by atoms with E-state index in [1.165, 1.54) is 5.56 Å². The maximum atomic E-state index is 8.96. The Labute approximate surface area is 66.7 Å². The van der Waals surface area contributed by atoms with E-state index in [0.717, 1.165) is 19.4 Å². The number of hydrogen-bond donors (Lipinski definition) is 2. The van der Waals surface area contributed by atoms with Crippen LogP contribution in [0.3, 0.4) is 0 Å². The smallest absolute Gasteiger partial charge is 0.115 e. The van der Waals surface area contributed by atoms with E-state index < -0.39 is 0 Å². The average molecular weight is 151 g/mol. The quantitative estimate of drug-likeness (QED) is 0.683. The fraction of sp³-hybridized carbons (Fsp3) is 0.333. The van der Waals surface area contributed by atoms with Crippen molar-refractivity contribution in [2.45, 2.75) is 12.8 Å². The maximum absolute atomic E-state index is 8.96. The number of aryl methyl sites for hydroxylation is 1. The van der Waals surface area contributed by atoms with E-state index in [4.69, 9.17) is 10.8 Å². The van der Waals surface area contributed by atoms with Crippen molar-refractivity contribution in [2.75, 3.05) is 6.54 Å². The van der Waals surface area contributed by atoms with Gasteiger partial charge >= 0.3 is 0 Å². The lowest BCUT2D eigenvalue weighted by molar-refractivity contribution is 0.475. The summed E-state index contributed by atoms with van der Waals surface area (Å²) in [5, 5.41) is 8.96. The molecule has 11 heavy (non-hydrogen) atoms. The molecule has 0 atom stereocenters. The van der Waals surface area contributed by atoms with Crippen molar-refractivity contribution < 1.29 is 5.11 Å². The third kappa shape index (κ3) is 2.60. The van der Waals surface area contributed by atoms with E-state index in [-0.39, 0.29) is 0 Å². The van der Waals surface area contributed by atoms with Gasteiger partial charge in [0.2, 0.25) is 0 Å². The van der Waals surface area contributed by atoms with E-state index >= 15 is 0 Å². The third-order valence-corrected chi connectivity index (χ3v) is 1.61. The van der Waals surface area contributed by atoms with Gasteiger partial charge in [-0.2, -0.15) is 0 Å². The first-order valence-electron chi connectivity index (χ1n) is 3.81. The van der Waals surface area contributed by atoms with Crippen molar-refractivity contribution in [3.05, 3.63) is 29.8 Å². The first-order chi connectivity index (χ1) is 5.33. The summed E-state index contributed by atoms with van der Waals surface area (Å²) in [5.74, 6) is 0.321. The number of rotatable bonds is 3. The molecular formula is C9H13NO. The largest absolute Gasteiger partial charge is 0.508 e. The Bertz CT molecular complexity index is 205. The van der Waals surface area contributed by atoms with Gasteiger partial charge < -0.3 is 10.8 Å². The minimum absolute atomic E-state index is 0.321. The molecule has 0 amide bonds. The van der Waals surface area contributed by atoms with E-state index in [1.54, 1.807) is 12.1 Å². The lowest BCUT2D eigenvalue weighted by atomic mass is 10.1. The van der Waals surface area contributed by atoms with Gasteiger partial charge in [-0.15, -0.1) is 0 Å². The van der Waals surface area contributed by atoms with Crippen LogP contribution >= 0.6 is 0 Å². The summed E-state index contributed by atoms with van der Waals surface area (Å²) in [4.78, 5) is 0. The maximum Gasteiger partial charge on any atom is 0.115 e. The minimum atomic E-state index is 0.321. The zero-order valence-corrected chi connectivity index (χ0v) is 6.46. The highest BCUT2D eigenvalue weighted by Crippen LogP contribution is 2.10. The Morgan fingerprint density at radius 1 is 1.18 bits per heavy atom. The number of phenols is 1. The molecule has 1 aromatic carbocycles. The molecule has 0 spiro atoms. The van der Waals surface area contributed by atoms with Gasteiger partial charge in [0.15, 0.2) is 0 Å². The molecular weight excluding hydrogens is 138 g/mol. The molecule has 0 heterocycles. The van der Waals surface area contributed by atoms with Crippen LogP contribution < -0.4 is 5.73 Å². The summed E-state index contributed by atoms with van der Waals surface area (Å²) in [6.45, 7) is 0.723. The lowest BCUT2D eigenvalue weighted by Crippen LogP contribution is -1.99. The van der Waals surface area contributed by atoms with Crippen LogP contribution in [0.15, 0.2) is 24.3 Å². The second kappa shape index (κ2) is 3.98. The molecule has 2 heteroatoms. The van der Waals surface area contributed by atoms with Crippen molar-refractivity contribution in [1.82, 2.24) is 0 Å². The molecule has 0 aliphatic heterocycles.